The molecule has 1 aromatic heterocycles. The molecule has 3 rings (SSSR count). The van der Waals surface area contributed by atoms with Crippen LogP contribution in [0.1, 0.15) is 17.3 Å². The van der Waals surface area contributed by atoms with Crippen molar-refractivity contribution in [2.75, 3.05) is 5.32 Å². The summed E-state index contributed by atoms with van der Waals surface area (Å²) in [5.74, 6) is -1.17. The van der Waals surface area contributed by atoms with Gasteiger partial charge in [-0.05, 0) is 59.8 Å². The van der Waals surface area contributed by atoms with E-state index >= 15 is 0 Å². The van der Waals surface area contributed by atoms with Crippen LogP contribution in [-0.4, -0.2) is 38.2 Å². The van der Waals surface area contributed by atoms with Crippen molar-refractivity contribution >= 4 is 40.8 Å². The lowest BCUT2D eigenvalue weighted by Gasteiger charge is -2.14. The van der Waals surface area contributed by atoms with Crippen molar-refractivity contribution in [3.63, 3.8) is 0 Å². The second-order valence-electron chi connectivity index (χ2n) is 5.46. The van der Waals surface area contributed by atoms with Crippen LogP contribution in [0.2, 0.25) is 10.0 Å². The van der Waals surface area contributed by atoms with Gasteiger partial charge in [0.25, 0.3) is 5.91 Å². The third kappa shape index (κ3) is 4.60. The predicted octanol–water partition coefficient (Wildman–Crippen LogP) is 3.15. The highest BCUT2D eigenvalue weighted by Gasteiger charge is 2.20. The molecular formula is C17H13Cl2N5O3. The lowest BCUT2D eigenvalue weighted by molar-refractivity contribution is -0.123. The molecule has 3 aromatic rings. The van der Waals surface area contributed by atoms with Crippen molar-refractivity contribution in [2.45, 2.75) is 13.0 Å². The Kier molecular flexibility index (Phi) is 5.68. The SMILES string of the molecule is C[C@@H](OC(=O)c1ccc(-n2cnnn2)cc1)C(=O)Nc1cc(Cl)ccc1Cl. The van der Waals surface area contributed by atoms with E-state index in [-0.39, 0.29) is 5.56 Å². The Labute approximate surface area is 164 Å². The fraction of sp³-hybridized carbons (Fsp3) is 0.118. The summed E-state index contributed by atoms with van der Waals surface area (Å²) in [6.45, 7) is 1.46. The summed E-state index contributed by atoms with van der Waals surface area (Å²) in [5.41, 5.74) is 1.30. The number of benzene rings is 2. The quantitative estimate of drug-likeness (QED) is 0.654. The number of amides is 1. The van der Waals surface area contributed by atoms with E-state index in [1.165, 1.54) is 24.0 Å². The van der Waals surface area contributed by atoms with E-state index < -0.39 is 18.0 Å². The average Bonchev–Trinajstić information content (AvgIpc) is 3.19. The first-order valence-electron chi connectivity index (χ1n) is 7.74. The molecule has 10 heteroatoms. The van der Waals surface area contributed by atoms with Crippen LogP contribution in [0.4, 0.5) is 5.69 Å². The number of esters is 1. The number of tetrazole rings is 1. The third-order valence-corrected chi connectivity index (χ3v) is 4.12. The molecule has 0 unspecified atom stereocenters. The maximum absolute atomic E-state index is 12.2. The van der Waals surface area contributed by atoms with E-state index in [9.17, 15) is 9.59 Å². The minimum absolute atomic E-state index is 0.285. The first kappa shape index (κ1) is 18.8. The minimum Gasteiger partial charge on any atom is -0.449 e. The number of rotatable bonds is 5. The molecule has 0 aliphatic carbocycles. The van der Waals surface area contributed by atoms with Crippen molar-refractivity contribution < 1.29 is 14.3 Å². The van der Waals surface area contributed by atoms with Crippen LogP contribution < -0.4 is 5.32 Å². The number of hydrogen-bond acceptors (Lipinski definition) is 6. The molecule has 1 amide bonds. The summed E-state index contributed by atoms with van der Waals surface area (Å²) >= 11 is 11.9. The van der Waals surface area contributed by atoms with Crippen LogP contribution >= 0.6 is 23.2 Å². The van der Waals surface area contributed by atoms with Gasteiger partial charge in [0, 0.05) is 5.02 Å². The van der Waals surface area contributed by atoms with E-state index in [2.05, 4.69) is 20.8 Å². The Hall–Kier alpha value is -2.97. The monoisotopic (exact) mass is 405 g/mol. The zero-order valence-electron chi connectivity index (χ0n) is 14.0. The number of hydrogen-bond donors (Lipinski definition) is 1. The maximum Gasteiger partial charge on any atom is 0.338 e. The van der Waals surface area contributed by atoms with Crippen molar-refractivity contribution in [3.05, 3.63) is 64.4 Å². The first-order chi connectivity index (χ1) is 12.9. The summed E-state index contributed by atoms with van der Waals surface area (Å²) in [5, 5.41) is 14.2. The molecule has 27 heavy (non-hydrogen) atoms. The summed E-state index contributed by atoms with van der Waals surface area (Å²) in [7, 11) is 0. The second kappa shape index (κ2) is 8.15. The second-order valence-corrected chi connectivity index (χ2v) is 6.31. The van der Waals surface area contributed by atoms with E-state index in [1.54, 1.807) is 36.4 Å². The highest BCUT2D eigenvalue weighted by Crippen LogP contribution is 2.25. The van der Waals surface area contributed by atoms with Crippen LogP contribution in [0, 0.1) is 0 Å². The van der Waals surface area contributed by atoms with Crippen molar-refractivity contribution in [3.8, 4) is 5.69 Å². The minimum atomic E-state index is -1.04. The van der Waals surface area contributed by atoms with Crippen LogP contribution in [0.25, 0.3) is 5.69 Å². The Morgan fingerprint density at radius 2 is 1.89 bits per heavy atom. The standard InChI is InChI=1S/C17H13Cl2N5O3/c1-10(16(25)21-15-8-12(18)4-7-14(15)19)27-17(26)11-2-5-13(6-3-11)24-9-20-22-23-24/h2-10H,1H3,(H,21,25)/t10-/m1/s1. The smallest absolute Gasteiger partial charge is 0.338 e. The van der Waals surface area contributed by atoms with E-state index in [0.29, 0.717) is 21.4 Å². The normalized spacial score (nSPS) is 11.7. The van der Waals surface area contributed by atoms with Gasteiger partial charge >= 0.3 is 5.97 Å². The number of carbonyl (C=O) groups is 2. The van der Waals surface area contributed by atoms with Gasteiger partial charge in [0.1, 0.15) is 6.33 Å². The number of ether oxygens (including phenoxy) is 1. The predicted molar refractivity (Wildman–Crippen MR) is 99.1 cm³/mol. The number of anilines is 1. The summed E-state index contributed by atoms with van der Waals surface area (Å²) in [4.78, 5) is 24.5. The van der Waals surface area contributed by atoms with Gasteiger partial charge in [-0.25, -0.2) is 9.48 Å². The van der Waals surface area contributed by atoms with Crippen LogP contribution in [0.5, 0.6) is 0 Å². The molecule has 1 N–H and O–H groups in total. The lowest BCUT2D eigenvalue weighted by Crippen LogP contribution is -2.30. The van der Waals surface area contributed by atoms with Crippen molar-refractivity contribution in [1.82, 2.24) is 20.2 Å². The molecular weight excluding hydrogens is 393 g/mol. The topological polar surface area (TPSA) is 99.0 Å². The van der Waals surface area contributed by atoms with Crippen molar-refractivity contribution in [2.24, 2.45) is 0 Å². The maximum atomic E-state index is 12.2. The Bertz CT molecular complexity index is 961. The number of nitrogens with one attached hydrogen (secondary N) is 1. The molecule has 0 bridgehead atoms. The molecule has 0 aliphatic heterocycles. The van der Waals surface area contributed by atoms with Gasteiger partial charge in [-0.15, -0.1) is 5.10 Å². The molecule has 1 atom stereocenters. The first-order valence-corrected chi connectivity index (χ1v) is 8.50. The van der Waals surface area contributed by atoms with Crippen LogP contribution in [-0.2, 0) is 9.53 Å². The Morgan fingerprint density at radius 1 is 1.15 bits per heavy atom. The van der Waals surface area contributed by atoms with Gasteiger partial charge in [-0.3, -0.25) is 4.79 Å². The van der Waals surface area contributed by atoms with Gasteiger partial charge in [0.05, 0.1) is 22.0 Å². The molecule has 0 fully saturated rings. The molecule has 2 aromatic carbocycles. The fourth-order valence-corrected chi connectivity index (χ4v) is 2.48. The zero-order chi connectivity index (χ0) is 19.4. The fourth-order valence-electron chi connectivity index (χ4n) is 2.14. The number of halogens is 2. The van der Waals surface area contributed by atoms with E-state index in [0.717, 1.165) is 0 Å². The number of aromatic nitrogens is 4. The summed E-state index contributed by atoms with van der Waals surface area (Å²) < 4.78 is 6.64. The van der Waals surface area contributed by atoms with E-state index in [4.69, 9.17) is 27.9 Å². The highest BCUT2D eigenvalue weighted by molar-refractivity contribution is 6.35. The summed E-state index contributed by atoms with van der Waals surface area (Å²) in [6, 6.07) is 11.1. The Morgan fingerprint density at radius 3 is 2.56 bits per heavy atom. The molecule has 0 aliphatic rings. The van der Waals surface area contributed by atoms with Gasteiger partial charge in [0.2, 0.25) is 0 Å². The molecule has 0 radical (unpaired) electrons. The Balaban J connectivity index is 1.63. The highest BCUT2D eigenvalue weighted by atomic mass is 35.5. The van der Waals surface area contributed by atoms with Crippen LogP contribution in [0.3, 0.4) is 0 Å². The lowest BCUT2D eigenvalue weighted by atomic mass is 10.2. The zero-order valence-corrected chi connectivity index (χ0v) is 15.5. The molecule has 0 spiro atoms. The third-order valence-electron chi connectivity index (χ3n) is 3.56. The molecule has 8 nitrogen and oxygen atoms in total. The molecule has 0 saturated carbocycles. The van der Waals surface area contributed by atoms with E-state index in [1.807, 2.05) is 0 Å². The molecule has 138 valence electrons. The largest absolute Gasteiger partial charge is 0.449 e. The molecule has 0 saturated heterocycles. The number of nitrogens with zero attached hydrogens (tertiary/aromatic N) is 4. The van der Waals surface area contributed by atoms with Gasteiger partial charge in [-0.1, -0.05) is 23.2 Å². The van der Waals surface area contributed by atoms with Crippen molar-refractivity contribution in [1.29, 1.82) is 0 Å². The summed E-state index contributed by atoms with van der Waals surface area (Å²) in [6.07, 6.45) is 0.396. The van der Waals surface area contributed by atoms with Gasteiger partial charge in [-0.2, -0.15) is 0 Å². The van der Waals surface area contributed by atoms with Gasteiger partial charge < -0.3 is 10.1 Å². The molecule has 1 heterocycles. The number of carbonyl (C=O) groups excluding carboxylic acids is 2. The average molecular weight is 406 g/mol. The van der Waals surface area contributed by atoms with Crippen LogP contribution in [0.15, 0.2) is 48.8 Å². The van der Waals surface area contributed by atoms with Gasteiger partial charge in [0.15, 0.2) is 6.10 Å².